The summed E-state index contributed by atoms with van der Waals surface area (Å²) in [7, 11) is 4.00. The number of hydrogen-bond donors (Lipinski definition) is 2. The van der Waals surface area contributed by atoms with Crippen molar-refractivity contribution in [2.75, 3.05) is 40.3 Å². The second kappa shape index (κ2) is 8.12. The van der Waals surface area contributed by atoms with Gasteiger partial charge in [0, 0.05) is 20.1 Å². The summed E-state index contributed by atoms with van der Waals surface area (Å²) in [5.41, 5.74) is 0. The van der Waals surface area contributed by atoms with E-state index in [-0.39, 0.29) is 0 Å². The molecule has 0 saturated carbocycles. The third-order valence-corrected chi connectivity index (χ3v) is 3.32. The van der Waals surface area contributed by atoms with Crippen molar-refractivity contribution in [1.82, 2.24) is 15.5 Å². The highest BCUT2D eigenvalue weighted by Gasteiger charge is 2.15. The second-order valence-electron chi connectivity index (χ2n) is 4.70. The molecule has 0 unspecified atom stereocenters. The Labute approximate surface area is 105 Å². The molecule has 2 N–H and O–H groups in total. The van der Waals surface area contributed by atoms with Crippen LogP contribution in [0.2, 0.25) is 0 Å². The summed E-state index contributed by atoms with van der Waals surface area (Å²) < 4.78 is 0. The number of nitrogens with one attached hydrogen (secondary N) is 2. The average molecular weight is 238 g/mol. The maximum Gasteiger partial charge on any atom is 0.191 e. The minimum Gasteiger partial charge on any atom is -0.356 e. The maximum absolute atomic E-state index is 4.16. The van der Waals surface area contributed by atoms with Crippen LogP contribution >= 0.6 is 0 Å². The molecule has 17 heavy (non-hydrogen) atoms. The van der Waals surface area contributed by atoms with Crippen molar-refractivity contribution >= 4 is 5.96 Å². The predicted octanol–water partition coefficient (Wildman–Crippen LogP) is 1.07. The molecule has 0 aromatic heterocycles. The molecular weight excluding hydrogens is 212 g/mol. The highest BCUT2D eigenvalue weighted by Crippen LogP contribution is 2.18. The van der Waals surface area contributed by atoms with Gasteiger partial charge in [0.1, 0.15) is 0 Å². The molecule has 0 aliphatic carbocycles. The highest BCUT2D eigenvalue weighted by atomic mass is 15.2. The van der Waals surface area contributed by atoms with E-state index in [0.717, 1.165) is 25.0 Å². The van der Waals surface area contributed by atoms with Gasteiger partial charge in [0.15, 0.2) is 5.96 Å². The van der Waals surface area contributed by atoms with Gasteiger partial charge < -0.3 is 15.5 Å². The number of piperidine rings is 1. The standard InChI is InChI=1S/C13H26N4/c1-4-8-15-13(14-2)16-9-5-12-6-10-17(3)11-7-12/h4,12H,1,5-11H2,2-3H3,(H2,14,15,16). The normalized spacial score (nSPS) is 19.1. The first-order valence-electron chi connectivity index (χ1n) is 6.50. The van der Waals surface area contributed by atoms with Crippen LogP contribution in [0.3, 0.4) is 0 Å². The van der Waals surface area contributed by atoms with E-state index in [0.29, 0.717) is 0 Å². The van der Waals surface area contributed by atoms with Gasteiger partial charge in [-0.25, -0.2) is 0 Å². The zero-order chi connectivity index (χ0) is 12.5. The molecule has 0 atom stereocenters. The Morgan fingerprint density at radius 2 is 2.12 bits per heavy atom. The summed E-state index contributed by atoms with van der Waals surface area (Å²) in [5.74, 6) is 1.74. The quantitative estimate of drug-likeness (QED) is 0.427. The summed E-state index contributed by atoms with van der Waals surface area (Å²) in [6.45, 7) is 7.93. The van der Waals surface area contributed by atoms with Crippen molar-refractivity contribution in [1.29, 1.82) is 0 Å². The topological polar surface area (TPSA) is 39.7 Å². The zero-order valence-electron chi connectivity index (χ0n) is 11.2. The summed E-state index contributed by atoms with van der Waals surface area (Å²) >= 11 is 0. The first-order chi connectivity index (χ1) is 8.26. The molecule has 0 spiro atoms. The minimum atomic E-state index is 0.758. The SMILES string of the molecule is C=CCNC(=NC)NCCC1CCN(C)CC1. The van der Waals surface area contributed by atoms with Crippen LogP contribution < -0.4 is 10.6 Å². The van der Waals surface area contributed by atoms with Crippen molar-refractivity contribution < 1.29 is 0 Å². The van der Waals surface area contributed by atoms with Gasteiger partial charge in [0.25, 0.3) is 0 Å². The van der Waals surface area contributed by atoms with Crippen molar-refractivity contribution in [2.24, 2.45) is 10.9 Å². The molecule has 1 rings (SSSR count). The molecule has 1 aliphatic rings. The largest absolute Gasteiger partial charge is 0.356 e. The molecule has 1 saturated heterocycles. The fourth-order valence-electron chi connectivity index (χ4n) is 2.13. The molecule has 0 bridgehead atoms. The Morgan fingerprint density at radius 3 is 2.71 bits per heavy atom. The van der Waals surface area contributed by atoms with Crippen molar-refractivity contribution in [2.45, 2.75) is 19.3 Å². The van der Waals surface area contributed by atoms with Crippen LogP contribution in [-0.2, 0) is 0 Å². The first-order valence-corrected chi connectivity index (χ1v) is 6.50. The number of likely N-dealkylation sites (tertiary alicyclic amines) is 1. The molecule has 0 amide bonds. The average Bonchev–Trinajstić information content (AvgIpc) is 2.36. The van der Waals surface area contributed by atoms with Crippen molar-refractivity contribution in [3.05, 3.63) is 12.7 Å². The van der Waals surface area contributed by atoms with Gasteiger partial charge >= 0.3 is 0 Å². The van der Waals surface area contributed by atoms with Crippen LogP contribution in [0.1, 0.15) is 19.3 Å². The summed E-state index contributed by atoms with van der Waals surface area (Å²) in [5, 5.41) is 6.52. The van der Waals surface area contributed by atoms with Gasteiger partial charge in [-0.2, -0.15) is 0 Å². The van der Waals surface area contributed by atoms with Crippen LogP contribution in [0, 0.1) is 5.92 Å². The molecule has 1 fully saturated rings. The van der Waals surface area contributed by atoms with Crippen LogP contribution in [0.5, 0.6) is 0 Å². The first kappa shape index (κ1) is 14.0. The Hall–Kier alpha value is -1.03. The third-order valence-electron chi connectivity index (χ3n) is 3.32. The molecular formula is C13H26N4. The van der Waals surface area contributed by atoms with E-state index in [1.54, 1.807) is 7.05 Å². The van der Waals surface area contributed by atoms with Crippen LogP contribution in [0.25, 0.3) is 0 Å². The van der Waals surface area contributed by atoms with Crippen molar-refractivity contribution in [3.63, 3.8) is 0 Å². The van der Waals surface area contributed by atoms with E-state index in [2.05, 4.69) is 34.2 Å². The minimum absolute atomic E-state index is 0.758. The summed E-state index contributed by atoms with van der Waals surface area (Å²) in [4.78, 5) is 6.57. The summed E-state index contributed by atoms with van der Waals surface area (Å²) in [6, 6.07) is 0. The van der Waals surface area contributed by atoms with E-state index >= 15 is 0 Å². The Morgan fingerprint density at radius 1 is 1.41 bits per heavy atom. The van der Waals surface area contributed by atoms with Crippen molar-refractivity contribution in [3.8, 4) is 0 Å². The number of rotatable bonds is 5. The number of guanidine groups is 1. The van der Waals surface area contributed by atoms with Gasteiger partial charge in [-0.15, -0.1) is 6.58 Å². The maximum atomic E-state index is 4.16. The van der Waals surface area contributed by atoms with Crippen LogP contribution in [-0.4, -0.2) is 51.1 Å². The predicted molar refractivity (Wildman–Crippen MR) is 74.4 cm³/mol. The van der Waals surface area contributed by atoms with E-state index in [1.165, 1.54) is 32.4 Å². The second-order valence-corrected chi connectivity index (χ2v) is 4.70. The molecule has 1 heterocycles. The molecule has 4 heteroatoms. The summed E-state index contributed by atoms with van der Waals surface area (Å²) in [6.07, 6.45) is 5.74. The number of hydrogen-bond acceptors (Lipinski definition) is 2. The lowest BCUT2D eigenvalue weighted by Gasteiger charge is -2.29. The lowest BCUT2D eigenvalue weighted by Crippen LogP contribution is -2.39. The number of nitrogens with zero attached hydrogens (tertiary/aromatic N) is 2. The molecule has 1 aliphatic heterocycles. The lowest BCUT2D eigenvalue weighted by molar-refractivity contribution is 0.213. The molecule has 0 aromatic rings. The van der Waals surface area contributed by atoms with Gasteiger partial charge in [-0.3, -0.25) is 4.99 Å². The molecule has 0 radical (unpaired) electrons. The van der Waals surface area contributed by atoms with E-state index in [4.69, 9.17) is 0 Å². The van der Waals surface area contributed by atoms with E-state index < -0.39 is 0 Å². The van der Waals surface area contributed by atoms with Crippen LogP contribution in [0.4, 0.5) is 0 Å². The van der Waals surface area contributed by atoms with E-state index in [9.17, 15) is 0 Å². The molecule has 98 valence electrons. The molecule has 4 nitrogen and oxygen atoms in total. The number of aliphatic imine (C=N–C) groups is 1. The highest BCUT2D eigenvalue weighted by molar-refractivity contribution is 5.79. The Bertz CT molecular complexity index is 242. The fraction of sp³-hybridized carbons (Fsp3) is 0.769. The van der Waals surface area contributed by atoms with Gasteiger partial charge in [0.2, 0.25) is 0 Å². The lowest BCUT2D eigenvalue weighted by atomic mass is 9.94. The fourth-order valence-corrected chi connectivity index (χ4v) is 2.13. The monoisotopic (exact) mass is 238 g/mol. The van der Waals surface area contributed by atoms with E-state index in [1.807, 2.05) is 6.08 Å². The van der Waals surface area contributed by atoms with Crippen LogP contribution in [0.15, 0.2) is 17.6 Å². The Balaban J connectivity index is 2.11. The zero-order valence-corrected chi connectivity index (χ0v) is 11.2. The Kier molecular flexibility index (Phi) is 6.70. The smallest absolute Gasteiger partial charge is 0.191 e. The van der Waals surface area contributed by atoms with Gasteiger partial charge in [-0.1, -0.05) is 6.08 Å². The molecule has 0 aromatic carbocycles. The third kappa shape index (κ3) is 5.73. The van der Waals surface area contributed by atoms with Gasteiger partial charge in [0.05, 0.1) is 0 Å². The van der Waals surface area contributed by atoms with Gasteiger partial charge in [-0.05, 0) is 45.3 Å².